The van der Waals surface area contributed by atoms with Crippen molar-refractivity contribution in [2.45, 2.75) is 45.6 Å². The van der Waals surface area contributed by atoms with E-state index in [1.807, 2.05) is 32.9 Å². The third-order valence-electron chi connectivity index (χ3n) is 5.49. The molecule has 0 saturated carbocycles. The van der Waals surface area contributed by atoms with Crippen molar-refractivity contribution in [2.75, 3.05) is 18.3 Å². The fourth-order valence-electron chi connectivity index (χ4n) is 3.65. The molecule has 0 fully saturated rings. The number of aromatic nitrogens is 1. The molecule has 1 heterocycles. The molecule has 0 bridgehead atoms. The molecule has 3 rings (SSSR count). The Bertz CT molecular complexity index is 1310. The van der Waals surface area contributed by atoms with E-state index in [0.29, 0.717) is 22.8 Å². The first-order valence-electron chi connectivity index (χ1n) is 11.7. The second-order valence-electron chi connectivity index (χ2n) is 8.97. The third-order valence-corrected chi connectivity index (χ3v) is 7.84. The van der Waals surface area contributed by atoms with Gasteiger partial charge in [-0.3, -0.25) is 4.57 Å². The van der Waals surface area contributed by atoms with E-state index in [9.17, 15) is 14.1 Å². The number of nitrogens with zero attached hydrogens (tertiary/aromatic N) is 1. The molecule has 0 saturated heterocycles. The summed E-state index contributed by atoms with van der Waals surface area (Å²) in [7, 11) is -3.25. The molecule has 0 aliphatic carbocycles. The fourth-order valence-corrected chi connectivity index (χ4v) is 5.59. The van der Waals surface area contributed by atoms with E-state index in [1.54, 1.807) is 18.2 Å². The molecular weight excluding hydrogens is 561 g/mol. The highest BCUT2D eigenvalue weighted by Gasteiger charge is 2.26. The quantitative estimate of drug-likeness (QED) is 0.171. The molecule has 2 aromatic carbocycles. The first-order valence-corrected chi connectivity index (χ1v) is 15.1. The summed E-state index contributed by atoms with van der Waals surface area (Å²) in [5.74, 6) is -0.838. The zero-order valence-corrected chi connectivity index (χ0v) is 24.1. The number of rotatable bonds is 11. The van der Waals surface area contributed by atoms with Crippen molar-refractivity contribution < 1.29 is 23.3 Å². The van der Waals surface area contributed by atoms with E-state index in [0.717, 1.165) is 12.0 Å². The third kappa shape index (κ3) is 7.75. The summed E-state index contributed by atoms with van der Waals surface area (Å²) in [5, 5.41) is 12.9. The summed E-state index contributed by atoms with van der Waals surface area (Å²) in [6.45, 7) is 7.30. The molecule has 0 amide bonds. The van der Waals surface area contributed by atoms with Crippen LogP contribution in [0.25, 0.3) is 0 Å². The summed E-state index contributed by atoms with van der Waals surface area (Å²) in [6.07, 6.45) is 0.833. The minimum atomic E-state index is -3.25. The van der Waals surface area contributed by atoms with Crippen LogP contribution in [0.15, 0.2) is 42.5 Å². The fraction of sp³-hybridized carbons (Fsp3) is 0.346. The van der Waals surface area contributed by atoms with Crippen molar-refractivity contribution in [1.82, 2.24) is 4.98 Å². The number of anilines is 1. The van der Waals surface area contributed by atoms with Gasteiger partial charge in [-0.15, -0.1) is 0 Å². The maximum atomic E-state index is 14.6. The van der Waals surface area contributed by atoms with Crippen LogP contribution in [-0.4, -0.2) is 23.0 Å². The molecule has 0 spiro atoms. The number of phenols is 1. The minimum Gasteiger partial charge on any atom is -0.508 e. The van der Waals surface area contributed by atoms with Crippen LogP contribution < -0.4 is 10.1 Å². The zero-order valence-electron chi connectivity index (χ0n) is 20.9. The number of nitrogens with one attached hydrogen (secondary N) is 1. The van der Waals surface area contributed by atoms with Gasteiger partial charge in [0.25, 0.3) is 0 Å². The second-order valence-corrected chi connectivity index (χ2v) is 12.7. The van der Waals surface area contributed by atoms with Crippen LogP contribution in [0.2, 0.25) is 15.1 Å². The van der Waals surface area contributed by atoms with Crippen LogP contribution in [0.3, 0.4) is 0 Å². The highest BCUT2D eigenvalue weighted by molar-refractivity contribution is 7.58. The molecule has 200 valence electrons. The maximum Gasteiger partial charge on any atom is 0.237 e. The van der Waals surface area contributed by atoms with Gasteiger partial charge in [-0.05, 0) is 48.2 Å². The molecule has 37 heavy (non-hydrogen) atoms. The van der Waals surface area contributed by atoms with Gasteiger partial charge in [0.2, 0.25) is 13.3 Å². The summed E-state index contributed by atoms with van der Waals surface area (Å²) in [5.41, 5.74) is 1.46. The highest BCUT2D eigenvalue weighted by Crippen LogP contribution is 2.49. The molecule has 0 radical (unpaired) electrons. The standard InChI is InChI=1S/C26H29Cl3FN2O4P/c1-5-7-21(16-8-6-9-17(27)12-16)36-37(4,34)14-31-26-23(29)24(22(28)25(30)32-26)35-18-10-11-20(33)19(13-18)15(2)3/h6,8-13,15,21,33H,5,7,14H2,1-4H3,(H,31,32)/t21-,37?/m0/s1. The average Bonchev–Trinajstić information content (AvgIpc) is 2.83. The zero-order chi connectivity index (χ0) is 27.3. The van der Waals surface area contributed by atoms with E-state index >= 15 is 0 Å². The molecule has 2 atom stereocenters. The van der Waals surface area contributed by atoms with E-state index < -0.39 is 24.4 Å². The number of ether oxygens (including phenoxy) is 1. The Morgan fingerprint density at radius 2 is 1.86 bits per heavy atom. The number of aromatic hydroxyl groups is 1. The van der Waals surface area contributed by atoms with E-state index in [2.05, 4.69) is 10.3 Å². The smallest absolute Gasteiger partial charge is 0.237 e. The van der Waals surface area contributed by atoms with Crippen molar-refractivity contribution in [3.05, 3.63) is 74.6 Å². The van der Waals surface area contributed by atoms with Crippen LogP contribution >= 0.6 is 42.2 Å². The number of halogens is 4. The van der Waals surface area contributed by atoms with E-state index in [4.69, 9.17) is 44.1 Å². The van der Waals surface area contributed by atoms with Crippen molar-refractivity contribution in [3.8, 4) is 17.2 Å². The van der Waals surface area contributed by atoms with Crippen molar-refractivity contribution >= 4 is 48.0 Å². The lowest BCUT2D eigenvalue weighted by atomic mass is 10.0. The van der Waals surface area contributed by atoms with Crippen molar-refractivity contribution in [3.63, 3.8) is 0 Å². The number of pyridine rings is 1. The molecule has 2 N–H and O–H groups in total. The molecule has 0 aliphatic heterocycles. The monoisotopic (exact) mass is 588 g/mol. The van der Waals surface area contributed by atoms with Crippen molar-refractivity contribution in [1.29, 1.82) is 0 Å². The van der Waals surface area contributed by atoms with Crippen LogP contribution in [0.4, 0.5) is 10.2 Å². The summed E-state index contributed by atoms with van der Waals surface area (Å²) >= 11 is 18.7. The molecule has 11 heteroatoms. The van der Waals surface area contributed by atoms with Crippen LogP contribution in [0.5, 0.6) is 17.2 Å². The number of hydrogen-bond acceptors (Lipinski definition) is 6. The summed E-state index contributed by atoms with van der Waals surface area (Å²) in [6, 6.07) is 11.8. The normalized spacial score (nSPS) is 13.9. The molecule has 0 aliphatic rings. The topological polar surface area (TPSA) is 80.7 Å². The van der Waals surface area contributed by atoms with Gasteiger partial charge in [0, 0.05) is 17.3 Å². The number of benzene rings is 2. The molecule has 1 aromatic heterocycles. The average molecular weight is 590 g/mol. The van der Waals surface area contributed by atoms with Crippen LogP contribution in [0.1, 0.15) is 56.8 Å². The Morgan fingerprint density at radius 3 is 2.51 bits per heavy atom. The Morgan fingerprint density at radius 1 is 1.14 bits per heavy atom. The van der Waals surface area contributed by atoms with E-state index in [1.165, 1.54) is 18.8 Å². The van der Waals surface area contributed by atoms with Gasteiger partial charge in [-0.25, -0.2) is 0 Å². The van der Waals surface area contributed by atoms with Gasteiger partial charge in [0.05, 0.1) is 12.4 Å². The van der Waals surface area contributed by atoms with Crippen LogP contribution in [-0.2, 0) is 9.09 Å². The Labute approximate surface area is 231 Å². The lowest BCUT2D eigenvalue weighted by molar-refractivity contribution is 0.199. The van der Waals surface area contributed by atoms with Gasteiger partial charge in [0.1, 0.15) is 21.5 Å². The van der Waals surface area contributed by atoms with Crippen molar-refractivity contribution in [2.24, 2.45) is 0 Å². The van der Waals surface area contributed by atoms with Gasteiger partial charge in [0.15, 0.2) is 11.6 Å². The summed E-state index contributed by atoms with van der Waals surface area (Å²) < 4.78 is 39.7. The molecule has 1 unspecified atom stereocenters. The molecule has 6 nitrogen and oxygen atoms in total. The number of phenolic OH excluding ortho intramolecular Hbond substituents is 1. The SMILES string of the molecule is CCC[C@H](OP(C)(=O)CNc1nc(F)c(Cl)c(Oc2ccc(O)c(C(C)C)c2)c1Cl)c1cccc(Cl)c1. The minimum absolute atomic E-state index is 0.0167. The second kappa shape index (κ2) is 12.7. The lowest BCUT2D eigenvalue weighted by Crippen LogP contribution is -2.11. The maximum absolute atomic E-state index is 14.6. The number of hydrogen-bond donors (Lipinski definition) is 2. The Hall–Kier alpha value is -2.02. The largest absolute Gasteiger partial charge is 0.508 e. The van der Waals surface area contributed by atoms with Crippen LogP contribution in [0, 0.1) is 5.95 Å². The predicted molar refractivity (Wildman–Crippen MR) is 149 cm³/mol. The van der Waals surface area contributed by atoms with Gasteiger partial charge in [-0.2, -0.15) is 9.37 Å². The van der Waals surface area contributed by atoms with Gasteiger partial charge < -0.3 is 19.7 Å². The first kappa shape index (κ1) is 29.5. The van der Waals surface area contributed by atoms with Gasteiger partial charge >= 0.3 is 0 Å². The Kier molecular flexibility index (Phi) is 10.1. The van der Waals surface area contributed by atoms with Gasteiger partial charge in [-0.1, -0.05) is 74.1 Å². The molecule has 3 aromatic rings. The predicted octanol–water partition coefficient (Wildman–Crippen LogP) is 9.64. The first-order chi connectivity index (χ1) is 17.4. The summed E-state index contributed by atoms with van der Waals surface area (Å²) in [4.78, 5) is 3.77. The molecular formula is C26H29Cl3FN2O4P. The lowest BCUT2D eigenvalue weighted by Gasteiger charge is -2.24. The van der Waals surface area contributed by atoms with E-state index in [-0.39, 0.29) is 34.5 Å². The Balaban J connectivity index is 1.82. The highest BCUT2D eigenvalue weighted by atomic mass is 35.5.